The minimum atomic E-state index is -3.59. The van der Waals surface area contributed by atoms with Gasteiger partial charge in [0.25, 0.3) is 0 Å². The molecule has 1 aliphatic carbocycles. The number of rotatable bonds is 7. The van der Waals surface area contributed by atoms with Crippen molar-refractivity contribution >= 4 is 21.4 Å². The number of methoxy groups -OCH3 is 2. The monoisotopic (exact) mass is 395 g/mol. The van der Waals surface area contributed by atoms with E-state index in [0.717, 1.165) is 11.3 Å². The normalized spacial score (nSPS) is 25.1. The van der Waals surface area contributed by atoms with E-state index in [4.69, 9.17) is 26.8 Å². The molecule has 0 heterocycles. The minimum absolute atomic E-state index is 0.217. The minimum Gasteiger partial charge on any atom is -0.497 e. The van der Waals surface area contributed by atoms with E-state index in [1.54, 1.807) is 26.4 Å². The molecule has 0 amide bonds. The predicted molar refractivity (Wildman–Crippen MR) is 102 cm³/mol. The summed E-state index contributed by atoms with van der Waals surface area (Å²) in [6, 6.07) is 13.7. The van der Waals surface area contributed by atoms with Gasteiger partial charge >= 0.3 is 0 Å². The Bertz CT molecular complexity index is 867. The second-order valence-corrected chi connectivity index (χ2v) is 9.05. The number of hydrogen-bond acceptors (Lipinski definition) is 5. The Morgan fingerprint density at radius 2 is 1.69 bits per heavy atom. The quantitative estimate of drug-likeness (QED) is 0.779. The Morgan fingerprint density at radius 1 is 1.08 bits per heavy atom. The van der Waals surface area contributed by atoms with Crippen molar-refractivity contribution in [1.82, 2.24) is 0 Å². The maximum Gasteiger partial charge on any atom is 0.182 e. The molecule has 3 rings (SSSR count). The standard InChI is InChI=1S/C19H22ClNO4S/c1-24-12-19(11-21)17(13-3-7-15(25-2)8-4-13)18(19)26(22,23)16-9-5-14(20)6-10-16/h3-10,17-18H,11-12,21H2,1-2H3/t17-,18-,19+/m0/s1. The summed E-state index contributed by atoms with van der Waals surface area (Å²) < 4.78 is 37.1. The van der Waals surface area contributed by atoms with E-state index in [-0.39, 0.29) is 24.0 Å². The van der Waals surface area contributed by atoms with Crippen LogP contribution in [0.15, 0.2) is 53.4 Å². The molecule has 0 aliphatic heterocycles. The van der Waals surface area contributed by atoms with Crippen LogP contribution in [0, 0.1) is 5.41 Å². The molecule has 0 bridgehead atoms. The summed E-state index contributed by atoms with van der Waals surface area (Å²) in [5, 5.41) is -0.150. The SMILES string of the molecule is COC[C@]1(CN)[C@@H](c2ccc(OC)cc2)[C@@H]1S(=O)(=O)c1ccc(Cl)cc1. The maximum absolute atomic E-state index is 13.3. The molecule has 5 nitrogen and oxygen atoms in total. The molecule has 0 radical (unpaired) electrons. The summed E-state index contributed by atoms with van der Waals surface area (Å²) in [6.45, 7) is 0.493. The summed E-state index contributed by atoms with van der Waals surface area (Å²) in [4.78, 5) is 0.247. The first kappa shape index (κ1) is 19.2. The Labute approximate surface area is 159 Å². The van der Waals surface area contributed by atoms with Crippen molar-refractivity contribution in [1.29, 1.82) is 0 Å². The maximum atomic E-state index is 13.3. The lowest BCUT2D eigenvalue weighted by atomic mass is 10.00. The fraction of sp³-hybridized carbons (Fsp3) is 0.368. The lowest BCUT2D eigenvalue weighted by Crippen LogP contribution is -2.28. The second-order valence-electron chi connectivity index (χ2n) is 6.54. The van der Waals surface area contributed by atoms with Crippen LogP contribution in [-0.4, -0.2) is 41.0 Å². The Morgan fingerprint density at radius 3 is 2.19 bits per heavy atom. The molecule has 7 heteroatoms. The van der Waals surface area contributed by atoms with Gasteiger partial charge in [0.15, 0.2) is 9.84 Å². The summed E-state index contributed by atoms with van der Waals surface area (Å²) in [5.41, 5.74) is 6.30. The van der Waals surface area contributed by atoms with Gasteiger partial charge in [0.1, 0.15) is 5.75 Å². The lowest BCUT2D eigenvalue weighted by molar-refractivity contribution is 0.142. The Kier molecular flexibility index (Phi) is 5.30. The molecule has 1 fully saturated rings. The molecule has 1 saturated carbocycles. The van der Waals surface area contributed by atoms with Gasteiger partial charge < -0.3 is 15.2 Å². The van der Waals surface area contributed by atoms with Crippen LogP contribution in [0.25, 0.3) is 0 Å². The van der Waals surface area contributed by atoms with E-state index in [1.165, 1.54) is 12.1 Å². The van der Waals surface area contributed by atoms with Crippen LogP contribution in [0.4, 0.5) is 0 Å². The topological polar surface area (TPSA) is 78.6 Å². The summed E-state index contributed by atoms with van der Waals surface area (Å²) >= 11 is 5.90. The molecular weight excluding hydrogens is 374 g/mol. The number of ether oxygens (including phenoxy) is 2. The largest absolute Gasteiger partial charge is 0.497 e. The highest BCUT2D eigenvalue weighted by Crippen LogP contribution is 2.63. The third-order valence-corrected chi connectivity index (χ3v) is 7.72. The first-order valence-electron chi connectivity index (χ1n) is 8.23. The first-order valence-corrected chi connectivity index (χ1v) is 10.2. The zero-order valence-corrected chi connectivity index (χ0v) is 16.3. The zero-order valence-electron chi connectivity index (χ0n) is 14.7. The van der Waals surface area contributed by atoms with Crippen LogP contribution < -0.4 is 10.5 Å². The summed E-state index contributed by atoms with van der Waals surface area (Å²) in [5.74, 6) is 0.482. The molecule has 140 valence electrons. The van der Waals surface area contributed by atoms with Gasteiger partial charge in [-0.25, -0.2) is 8.42 Å². The average molecular weight is 396 g/mol. The molecule has 2 N–H and O–H groups in total. The summed E-state index contributed by atoms with van der Waals surface area (Å²) in [7, 11) is -0.433. The van der Waals surface area contributed by atoms with Gasteiger partial charge in [-0.3, -0.25) is 0 Å². The van der Waals surface area contributed by atoms with Crippen molar-refractivity contribution in [3.8, 4) is 5.75 Å². The van der Waals surface area contributed by atoms with Crippen molar-refractivity contribution in [2.75, 3.05) is 27.4 Å². The van der Waals surface area contributed by atoms with Crippen molar-refractivity contribution in [2.24, 2.45) is 11.1 Å². The molecule has 0 saturated heterocycles. The summed E-state index contributed by atoms with van der Waals surface area (Å²) in [6.07, 6.45) is 0. The molecule has 1 aliphatic rings. The van der Waals surface area contributed by atoms with E-state index in [0.29, 0.717) is 5.02 Å². The van der Waals surface area contributed by atoms with Gasteiger partial charge in [0.2, 0.25) is 0 Å². The lowest BCUT2D eigenvalue weighted by Gasteiger charge is -2.15. The average Bonchev–Trinajstić information content (AvgIpc) is 3.32. The van der Waals surface area contributed by atoms with Gasteiger partial charge in [-0.15, -0.1) is 0 Å². The molecule has 0 spiro atoms. The van der Waals surface area contributed by atoms with Crippen molar-refractivity contribution < 1.29 is 17.9 Å². The number of nitrogens with two attached hydrogens (primary N) is 1. The van der Waals surface area contributed by atoms with Crippen LogP contribution in [0.2, 0.25) is 5.02 Å². The molecule has 0 unspecified atom stereocenters. The van der Waals surface area contributed by atoms with Crippen molar-refractivity contribution in [3.63, 3.8) is 0 Å². The molecule has 2 aromatic carbocycles. The van der Waals surface area contributed by atoms with Crippen LogP contribution >= 0.6 is 11.6 Å². The number of benzene rings is 2. The smallest absolute Gasteiger partial charge is 0.182 e. The van der Waals surface area contributed by atoms with Crippen LogP contribution in [-0.2, 0) is 14.6 Å². The van der Waals surface area contributed by atoms with Gasteiger partial charge in [-0.2, -0.15) is 0 Å². The predicted octanol–water partition coefficient (Wildman–Crippen LogP) is 2.88. The highest BCUT2D eigenvalue weighted by Gasteiger charge is 2.70. The molecule has 3 atom stereocenters. The van der Waals surface area contributed by atoms with Gasteiger partial charge in [-0.1, -0.05) is 23.7 Å². The Balaban J connectivity index is 2.03. The van der Waals surface area contributed by atoms with E-state index in [1.807, 2.05) is 24.3 Å². The van der Waals surface area contributed by atoms with E-state index in [9.17, 15) is 8.42 Å². The first-order chi connectivity index (χ1) is 12.4. The van der Waals surface area contributed by atoms with Crippen molar-refractivity contribution in [2.45, 2.75) is 16.1 Å². The van der Waals surface area contributed by atoms with Crippen molar-refractivity contribution in [3.05, 3.63) is 59.1 Å². The van der Waals surface area contributed by atoms with E-state index in [2.05, 4.69) is 0 Å². The molecule has 26 heavy (non-hydrogen) atoms. The highest BCUT2D eigenvalue weighted by atomic mass is 35.5. The van der Waals surface area contributed by atoms with E-state index >= 15 is 0 Å². The van der Waals surface area contributed by atoms with Crippen LogP contribution in [0.1, 0.15) is 11.5 Å². The van der Waals surface area contributed by atoms with Crippen LogP contribution in [0.3, 0.4) is 0 Å². The number of halogens is 1. The fourth-order valence-corrected chi connectivity index (χ4v) is 6.34. The second kappa shape index (κ2) is 7.19. The van der Waals surface area contributed by atoms with Gasteiger partial charge in [0, 0.05) is 30.0 Å². The third-order valence-electron chi connectivity index (χ3n) is 5.12. The molecular formula is C19H22ClNO4S. The molecule has 0 aromatic heterocycles. The van der Waals surface area contributed by atoms with E-state index < -0.39 is 20.5 Å². The van der Waals surface area contributed by atoms with Gasteiger partial charge in [0.05, 0.1) is 23.9 Å². The number of hydrogen-bond donors (Lipinski definition) is 1. The molecule has 2 aromatic rings. The number of sulfone groups is 1. The third kappa shape index (κ3) is 3.11. The van der Waals surface area contributed by atoms with Crippen LogP contribution in [0.5, 0.6) is 5.75 Å². The highest BCUT2D eigenvalue weighted by molar-refractivity contribution is 7.92. The van der Waals surface area contributed by atoms with Gasteiger partial charge in [-0.05, 0) is 42.0 Å². The zero-order chi connectivity index (χ0) is 18.9. The Hall–Kier alpha value is -1.60. The fourth-order valence-electron chi connectivity index (χ4n) is 3.77.